The average Bonchev–Trinajstić information content (AvgIpc) is 3.10. The highest BCUT2D eigenvalue weighted by molar-refractivity contribution is 5.32. The molecule has 0 amide bonds. The maximum Gasteiger partial charge on any atom is 0.202 e. The quantitative estimate of drug-likeness (QED) is 0.859. The van der Waals surface area contributed by atoms with Crippen LogP contribution in [0.1, 0.15) is 38.3 Å². The van der Waals surface area contributed by atoms with E-state index in [9.17, 15) is 0 Å². The van der Waals surface area contributed by atoms with Crippen molar-refractivity contribution in [3.63, 3.8) is 0 Å². The molecule has 2 fully saturated rings. The molecule has 0 spiro atoms. The van der Waals surface area contributed by atoms with E-state index in [1.807, 2.05) is 6.20 Å². The number of hydrogen-bond donors (Lipinski definition) is 2. The van der Waals surface area contributed by atoms with Crippen molar-refractivity contribution in [1.82, 2.24) is 15.3 Å². The summed E-state index contributed by atoms with van der Waals surface area (Å²) in [6, 6.07) is 0.787. The van der Waals surface area contributed by atoms with Crippen molar-refractivity contribution in [2.75, 3.05) is 24.5 Å². The van der Waals surface area contributed by atoms with Gasteiger partial charge in [-0.15, -0.1) is 0 Å². The van der Waals surface area contributed by atoms with Gasteiger partial charge in [-0.2, -0.15) is 0 Å². The Labute approximate surface area is 109 Å². The Morgan fingerprint density at radius 1 is 1.33 bits per heavy atom. The van der Waals surface area contributed by atoms with E-state index in [-0.39, 0.29) is 0 Å². The van der Waals surface area contributed by atoms with E-state index in [1.165, 1.54) is 37.9 Å². The zero-order valence-corrected chi connectivity index (χ0v) is 11.3. The van der Waals surface area contributed by atoms with Gasteiger partial charge in [-0.3, -0.25) is 0 Å². The van der Waals surface area contributed by atoms with Crippen LogP contribution in [0.2, 0.25) is 0 Å². The molecule has 0 saturated carbocycles. The normalized spacial score (nSPS) is 25.8. The van der Waals surface area contributed by atoms with Crippen LogP contribution < -0.4 is 10.2 Å². The lowest BCUT2D eigenvalue weighted by Gasteiger charge is -2.34. The number of aromatic nitrogens is 2. The zero-order valence-electron chi connectivity index (χ0n) is 11.3. The van der Waals surface area contributed by atoms with Gasteiger partial charge in [0.2, 0.25) is 5.95 Å². The number of nitrogens with zero attached hydrogens (tertiary/aromatic N) is 2. The molecule has 1 aromatic rings. The highest BCUT2D eigenvalue weighted by Gasteiger charge is 2.28. The number of aryl methyl sites for hydroxylation is 1. The molecule has 18 heavy (non-hydrogen) atoms. The van der Waals surface area contributed by atoms with Gasteiger partial charge >= 0.3 is 0 Å². The first kappa shape index (κ1) is 12.0. The molecule has 3 rings (SSSR count). The molecule has 0 radical (unpaired) electrons. The summed E-state index contributed by atoms with van der Waals surface area (Å²) in [7, 11) is 0. The van der Waals surface area contributed by atoms with Crippen LogP contribution in [0.4, 0.5) is 5.95 Å². The van der Waals surface area contributed by atoms with Gasteiger partial charge in [0, 0.05) is 24.8 Å². The van der Waals surface area contributed by atoms with Crippen molar-refractivity contribution in [1.29, 1.82) is 0 Å². The Morgan fingerprint density at radius 3 is 2.78 bits per heavy atom. The van der Waals surface area contributed by atoms with Crippen LogP contribution in [-0.2, 0) is 6.42 Å². The van der Waals surface area contributed by atoms with Gasteiger partial charge < -0.3 is 15.2 Å². The highest BCUT2D eigenvalue weighted by Crippen LogP contribution is 2.27. The zero-order chi connectivity index (χ0) is 12.4. The molecule has 1 atom stereocenters. The molecule has 0 aromatic carbocycles. The molecule has 2 aliphatic rings. The summed E-state index contributed by atoms with van der Waals surface area (Å²) in [6.45, 7) is 5.69. The standard InChI is InChI=1S/C14H24N4/c1-2-12-10-16-14(17-12)18-8-5-11(6-9-18)13-4-3-7-15-13/h10-11,13,15H,2-9H2,1H3,(H,16,17). The third kappa shape index (κ3) is 2.39. The second-order valence-electron chi connectivity index (χ2n) is 5.61. The first-order valence-electron chi connectivity index (χ1n) is 7.39. The summed E-state index contributed by atoms with van der Waals surface area (Å²) in [5, 5.41) is 3.65. The van der Waals surface area contributed by atoms with Crippen molar-refractivity contribution in [2.45, 2.75) is 45.1 Å². The van der Waals surface area contributed by atoms with Gasteiger partial charge in [-0.25, -0.2) is 4.98 Å². The Morgan fingerprint density at radius 2 is 2.17 bits per heavy atom. The van der Waals surface area contributed by atoms with Crippen LogP contribution in [0.5, 0.6) is 0 Å². The van der Waals surface area contributed by atoms with Gasteiger partial charge in [0.15, 0.2) is 0 Å². The van der Waals surface area contributed by atoms with Gasteiger partial charge in [0.1, 0.15) is 0 Å². The lowest BCUT2D eigenvalue weighted by Crippen LogP contribution is -2.41. The fourth-order valence-electron chi connectivity index (χ4n) is 3.32. The van der Waals surface area contributed by atoms with Gasteiger partial charge in [-0.1, -0.05) is 6.92 Å². The number of piperidine rings is 1. The Bertz CT molecular complexity index is 373. The minimum atomic E-state index is 0.787. The van der Waals surface area contributed by atoms with Crippen LogP contribution >= 0.6 is 0 Å². The average molecular weight is 248 g/mol. The van der Waals surface area contributed by atoms with Gasteiger partial charge in [0.05, 0.1) is 6.20 Å². The number of aromatic amines is 1. The lowest BCUT2D eigenvalue weighted by molar-refractivity contribution is 0.318. The monoisotopic (exact) mass is 248 g/mol. The van der Waals surface area contributed by atoms with Crippen molar-refractivity contribution >= 4 is 5.95 Å². The molecule has 1 aromatic heterocycles. The summed E-state index contributed by atoms with van der Waals surface area (Å²) >= 11 is 0. The largest absolute Gasteiger partial charge is 0.342 e. The molecule has 0 bridgehead atoms. The Kier molecular flexibility index (Phi) is 3.55. The molecular formula is C14H24N4. The molecule has 4 heteroatoms. The predicted molar refractivity (Wildman–Crippen MR) is 73.9 cm³/mol. The van der Waals surface area contributed by atoms with E-state index in [2.05, 4.69) is 27.1 Å². The SMILES string of the molecule is CCc1cnc(N2CCC(C3CCCN3)CC2)[nH]1. The predicted octanol–water partition coefficient (Wildman–Crippen LogP) is 1.94. The number of H-pyrrole nitrogens is 1. The fourth-order valence-corrected chi connectivity index (χ4v) is 3.32. The van der Waals surface area contributed by atoms with Crippen molar-refractivity contribution in [2.24, 2.45) is 5.92 Å². The van der Waals surface area contributed by atoms with Crippen LogP contribution in [0.3, 0.4) is 0 Å². The van der Waals surface area contributed by atoms with E-state index < -0.39 is 0 Å². The number of rotatable bonds is 3. The summed E-state index contributed by atoms with van der Waals surface area (Å²) in [5.74, 6) is 1.95. The molecule has 0 aliphatic carbocycles. The maximum absolute atomic E-state index is 4.49. The highest BCUT2D eigenvalue weighted by atomic mass is 15.3. The Hall–Kier alpha value is -1.03. The minimum Gasteiger partial charge on any atom is -0.342 e. The lowest BCUT2D eigenvalue weighted by atomic mass is 9.89. The fraction of sp³-hybridized carbons (Fsp3) is 0.786. The van der Waals surface area contributed by atoms with Gasteiger partial charge in [0.25, 0.3) is 0 Å². The third-order valence-corrected chi connectivity index (χ3v) is 4.50. The van der Waals surface area contributed by atoms with Crippen LogP contribution in [0, 0.1) is 5.92 Å². The van der Waals surface area contributed by atoms with Crippen LogP contribution in [0.25, 0.3) is 0 Å². The molecule has 2 N–H and O–H groups in total. The molecule has 1 unspecified atom stereocenters. The van der Waals surface area contributed by atoms with E-state index in [4.69, 9.17) is 0 Å². The smallest absolute Gasteiger partial charge is 0.202 e. The molecule has 4 nitrogen and oxygen atoms in total. The summed E-state index contributed by atoms with van der Waals surface area (Å²) < 4.78 is 0. The van der Waals surface area contributed by atoms with E-state index in [1.54, 1.807) is 0 Å². The second-order valence-corrected chi connectivity index (χ2v) is 5.61. The topological polar surface area (TPSA) is 44.0 Å². The number of imidazole rings is 1. The number of hydrogen-bond acceptors (Lipinski definition) is 3. The summed E-state index contributed by atoms with van der Waals surface area (Å²) in [5.41, 5.74) is 1.24. The van der Waals surface area contributed by atoms with Crippen molar-refractivity contribution in [3.05, 3.63) is 11.9 Å². The Balaban J connectivity index is 1.55. The maximum atomic E-state index is 4.49. The van der Waals surface area contributed by atoms with Crippen molar-refractivity contribution in [3.8, 4) is 0 Å². The number of anilines is 1. The molecular weight excluding hydrogens is 224 g/mol. The molecule has 3 heterocycles. The third-order valence-electron chi connectivity index (χ3n) is 4.50. The molecule has 2 aliphatic heterocycles. The van der Waals surface area contributed by atoms with Crippen molar-refractivity contribution < 1.29 is 0 Å². The molecule has 2 saturated heterocycles. The minimum absolute atomic E-state index is 0.787. The van der Waals surface area contributed by atoms with E-state index >= 15 is 0 Å². The number of nitrogens with one attached hydrogen (secondary N) is 2. The van der Waals surface area contributed by atoms with E-state index in [0.717, 1.165) is 37.4 Å². The first-order chi connectivity index (χ1) is 8.86. The van der Waals surface area contributed by atoms with Crippen LogP contribution in [-0.4, -0.2) is 35.6 Å². The molecule has 100 valence electrons. The summed E-state index contributed by atoms with van der Waals surface area (Å²) in [4.78, 5) is 10.3. The van der Waals surface area contributed by atoms with E-state index in [0.29, 0.717) is 0 Å². The first-order valence-corrected chi connectivity index (χ1v) is 7.39. The second kappa shape index (κ2) is 5.31. The summed E-state index contributed by atoms with van der Waals surface area (Å²) in [6.07, 6.45) is 8.36. The van der Waals surface area contributed by atoms with Crippen LogP contribution in [0.15, 0.2) is 6.20 Å². The van der Waals surface area contributed by atoms with Gasteiger partial charge in [-0.05, 0) is 44.6 Å².